The normalized spacial score (nSPS) is 13.4. The summed E-state index contributed by atoms with van der Waals surface area (Å²) in [6.07, 6.45) is 2.21. The molecular weight excluding hydrogens is 334 g/mol. The highest BCUT2D eigenvalue weighted by Crippen LogP contribution is 2.33. The van der Waals surface area contributed by atoms with Crippen molar-refractivity contribution >= 4 is 26.3 Å². The minimum Gasteiger partial charge on any atom is -0.377 e. The van der Waals surface area contributed by atoms with E-state index in [4.69, 9.17) is 5.73 Å². The zero-order chi connectivity index (χ0) is 18.6. The van der Waals surface area contributed by atoms with Crippen LogP contribution in [0.5, 0.6) is 0 Å². The Bertz CT molecular complexity index is 817. The van der Waals surface area contributed by atoms with E-state index in [2.05, 4.69) is 0 Å². The summed E-state index contributed by atoms with van der Waals surface area (Å²) in [6.45, 7) is 0.584. The summed E-state index contributed by atoms with van der Waals surface area (Å²) in [5, 5.41) is 1.18. The molecule has 0 aliphatic rings. The fourth-order valence-electron chi connectivity index (χ4n) is 3.20. The first kappa shape index (κ1) is 19.7. The molecule has 0 heterocycles. The Labute approximate surface area is 151 Å². The Morgan fingerprint density at radius 1 is 0.960 bits per heavy atom. The van der Waals surface area contributed by atoms with Gasteiger partial charge in [0.25, 0.3) is 0 Å². The van der Waals surface area contributed by atoms with E-state index in [0.717, 1.165) is 29.3 Å². The number of sulfone groups is 1. The predicted molar refractivity (Wildman–Crippen MR) is 106 cm³/mol. The molecule has 0 saturated heterocycles. The molecule has 0 amide bonds. The van der Waals surface area contributed by atoms with Gasteiger partial charge in [0.1, 0.15) is 5.37 Å². The van der Waals surface area contributed by atoms with Crippen molar-refractivity contribution in [3.63, 3.8) is 0 Å². The monoisotopic (exact) mass is 363 g/mol. The van der Waals surface area contributed by atoms with Crippen LogP contribution < -0.4 is 10.6 Å². The van der Waals surface area contributed by atoms with E-state index in [9.17, 15) is 8.42 Å². The second-order valence-electron chi connectivity index (χ2n) is 6.77. The van der Waals surface area contributed by atoms with Crippen molar-refractivity contribution in [2.45, 2.75) is 29.5 Å². The summed E-state index contributed by atoms with van der Waals surface area (Å²) >= 11 is 0. The summed E-state index contributed by atoms with van der Waals surface area (Å²) < 4.78 is 26.8. The third-order valence-corrected chi connectivity index (χ3v) is 6.83. The molecule has 5 nitrogen and oxygen atoms in total. The zero-order valence-electron chi connectivity index (χ0n) is 15.6. The summed E-state index contributed by atoms with van der Waals surface area (Å²) in [4.78, 5) is 4.20. The van der Waals surface area contributed by atoms with Gasteiger partial charge in [-0.2, -0.15) is 0 Å². The molecule has 0 fully saturated rings. The van der Waals surface area contributed by atoms with Crippen LogP contribution in [0.1, 0.15) is 19.3 Å². The minimum absolute atomic E-state index is 0.403. The third kappa shape index (κ3) is 4.14. The van der Waals surface area contributed by atoms with Crippen molar-refractivity contribution in [2.24, 2.45) is 5.73 Å². The third-order valence-electron chi connectivity index (χ3n) is 4.49. The Hall–Kier alpha value is -1.63. The van der Waals surface area contributed by atoms with Gasteiger partial charge < -0.3 is 10.6 Å². The van der Waals surface area contributed by atoms with E-state index >= 15 is 0 Å². The second-order valence-corrected chi connectivity index (χ2v) is 8.84. The first-order valence-electron chi connectivity index (χ1n) is 8.60. The Morgan fingerprint density at radius 3 is 2.20 bits per heavy atom. The Balaban J connectivity index is 2.56. The number of hydrogen-bond acceptors (Lipinski definition) is 5. The highest BCUT2D eigenvalue weighted by Gasteiger charge is 2.30. The lowest BCUT2D eigenvalue weighted by atomic mass is 10.1. The zero-order valence-corrected chi connectivity index (χ0v) is 16.4. The Kier molecular flexibility index (Phi) is 6.43. The molecule has 0 saturated carbocycles. The van der Waals surface area contributed by atoms with Gasteiger partial charge in [-0.3, -0.25) is 4.90 Å². The number of nitrogens with two attached hydrogens (primary N) is 1. The summed E-state index contributed by atoms with van der Waals surface area (Å²) in [6, 6.07) is 11.3. The van der Waals surface area contributed by atoms with Crippen LogP contribution in [0, 0.1) is 0 Å². The predicted octanol–water partition coefficient (Wildman–Crippen LogP) is 2.70. The molecule has 1 atom stereocenters. The molecule has 2 N–H and O–H groups in total. The van der Waals surface area contributed by atoms with Crippen LogP contribution in [-0.4, -0.2) is 53.4 Å². The highest BCUT2D eigenvalue weighted by molar-refractivity contribution is 7.92. The number of anilines is 1. The summed E-state index contributed by atoms with van der Waals surface area (Å²) in [7, 11) is 4.09. The molecule has 0 radical (unpaired) electrons. The van der Waals surface area contributed by atoms with Gasteiger partial charge in [0.2, 0.25) is 0 Å². The molecule has 0 aliphatic heterocycles. The molecule has 0 bridgehead atoms. The molecule has 25 heavy (non-hydrogen) atoms. The fourth-order valence-corrected chi connectivity index (χ4v) is 5.28. The van der Waals surface area contributed by atoms with Gasteiger partial charge in [-0.25, -0.2) is 8.42 Å². The lowest BCUT2D eigenvalue weighted by Gasteiger charge is -2.25. The van der Waals surface area contributed by atoms with Crippen molar-refractivity contribution in [3.05, 3.63) is 36.4 Å². The van der Waals surface area contributed by atoms with Crippen LogP contribution in [0.3, 0.4) is 0 Å². The average Bonchev–Trinajstić information content (AvgIpc) is 2.56. The molecule has 1 unspecified atom stereocenters. The molecule has 0 aromatic heterocycles. The van der Waals surface area contributed by atoms with Crippen LogP contribution in [0.15, 0.2) is 41.3 Å². The number of rotatable bonds is 8. The van der Waals surface area contributed by atoms with Gasteiger partial charge in [-0.15, -0.1) is 0 Å². The SMILES string of the molecule is CN(C)c1cccc2c(S(=O)(=O)C(CCCCN)N(C)C)cccc12. The van der Waals surface area contributed by atoms with Crippen molar-refractivity contribution < 1.29 is 8.42 Å². The maximum absolute atomic E-state index is 13.4. The molecule has 138 valence electrons. The molecule has 6 heteroatoms. The van der Waals surface area contributed by atoms with Gasteiger partial charge in [0, 0.05) is 30.6 Å². The van der Waals surface area contributed by atoms with Crippen molar-refractivity contribution in [3.8, 4) is 0 Å². The lowest BCUT2D eigenvalue weighted by molar-refractivity contribution is 0.342. The first-order chi connectivity index (χ1) is 11.8. The highest BCUT2D eigenvalue weighted by atomic mass is 32.2. The van der Waals surface area contributed by atoms with E-state index in [1.165, 1.54) is 0 Å². The molecule has 0 spiro atoms. The van der Waals surface area contributed by atoms with Crippen LogP contribution >= 0.6 is 0 Å². The first-order valence-corrected chi connectivity index (χ1v) is 10.1. The summed E-state index contributed by atoms with van der Waals surface area (Å²) in [5.74, 6) is 0. The number of fused-ring (bicyclic) bond motifs is 1. The van der Waals surface area contributed by atoms with E-state index in [1.807, 2.05) is 63.4 Å². The van der Waals surface area contributed by atoms with Gasteiger partial charge in [-0.05, 0) is 52.0 Å². The molecule has 2 rings (SSSR count). The van der Waals surface area contributed by atoms with Gasteiger partial charge in [0.05, 0.1) is 4.90 Å². The number of unbranched alkanes of at least 4 members (excludes halogenated alkanes) is 1. The molecule has 2 aromatic carbocycles. The van der Waals surface area contributed by atoms with E-state index < -0.39 is 15.2 Å². The maximum Gasteiger partial charge on any atom is 0.195 e. The topological polar surface area (TPSA) is 66.6 Å². The van der Waals surface area contributed by atoms with Crippen LogP contribution in [0.25, 0.3) is 10.8 Å². The number of nitrogens with zero attached hydrogens (tertiary/aromatic N) is 2. The second kappa shape index (κ2) is 8.17. The Morgan fingerprint density at radius 2 is 1.60 bits per heavy atom. The smallest absolute Gasteiger partial charge is 0.195 e. The van der Waals surface area contributed by atoms with Crippen LogP contribution in [0.4, 0.5) is 5.69 Å². The lowest BCUT2D eigenvalue weighted by Crippen LogP contribution is -2.36. The quantitative estimate of drug-likeness (QED) is 0.731. The number of hydrogen-bond donors (Lipinski definition) is 1. The minimum atomic E-state index is -3.48. The molecular formula is C19H29N3O2S. The van der Waals surface area contributed by atoms with Crippen molar-refractivity contribution in [1.82, 2.24) is 4.90 Å². The molecule has 2 aromatic rings. The number of benzene rings is 2. The standard InChI is InChI=1S/C19H29N3O2S/c1-21(2)17-11-7-10-16-15(17)9-8-12-18(16)25(23,24)19(22(3)4)13-5-6-14-20/h7-12,19H,5-6,13-14,20H2,1-4H3. The fraction of sp³-hybridized carbons (Fsp3) is 0.474. The van der Waals surface area contributed by atoms with Crippen LogP contribution in [0.2, 0.25) is 0 Å². The summed E-state index contributed by atoms with van der Waals surface area (Å²) in [5.41, 5.74) is 6.58. The van der Waals surface area contributed by atoms with E-state index in [0.29, 0.717) is 17.9 Å². The van der Waals surface area contributed by atoms with E-state index in [-0.39, 0.29) is 0 Å². The average molecular weight is 364 g/mol. The maximum atomic E-state index is 13.4. The van der Waals surface area contributed by atoms with Gasteiger partial charge >= 0.3 is 0 Å². The van der Waals surface area contributed by atoms with Gasteiger partial charge in [-0.1, -0.05) is 24.3 Å². The van der Waals surface area contributed by atoms with Crippen molar-refractivity contribution in [1.29, 1.82) is 0 Å². The molecule has 0 aliphatic carbocycles. The van der Waals surface area contributed by atoms with Crippen LogP contribution in [-0.2, 0) is 9.84 Å². The van der Waals surface area contributed by atoms with Gasteiger partial charge in [0.15, 0.2) is 9.84 Å². The van der Waals surface area contributed by atoms with Crippen molar-refractivity contribution in [2.75, 3.05) is 39.6 Å². The van der Waals surface area contributed by atoms with E-state index in [1.54, 1.807) is 11.0 Å². The largest absolute Gasteiger partial charge is 0.377 e.